The van der Waals surface area contributed by atoms with E-state index in [2.05, 4.69) is 65.0 Å². The van der Waals surface area contributed by atoms with Crippen LogP contribution in [0.25, 0.3) is 0 Å². The number of hydrogen-bond donors (Lipinski definition) is 0. The molecule has 4 nitrogen and oxygen atoms in total. The Morgan fingerprint density at radius 3 is 2.48 bits per heavy atom. The molecule has 0 heterocycles. The highest BCUT2D eigenvalue weighted by Gasteiger charge is 2.61. The molecule has 0 aliphatic heterocycles. The summed E-state index contributed by atoms with van der Waals surface area (Å²) in [4.78, 5) is 23.6. The summed E-state index contributed by atoms with van der Waals surface area (Å²) < 4.78 is 11.8. The Balaban J connectivity index is 1.30. The summed E-state index contributed by atoms with van der Waals surface area (Å²) in [6.45, 7) is 13.0. The number of carbonyl (C=O) groups is 2. The van der Waals surface area contributed by atoms with Crippen LogP contribution in [0.3, 0.4) is 0 Å². The summed E-state index contributed by atoms with van der Waals surface area (Å²) in [5.74, 6) is 5.50. The first-order valence-corrected chi connectivity index (χ1v) is 18.1. The Morgan fingerprint density at radius 1 is 0.955 bits per heavy atom. The number of unbranched alkanes of at least 4 members (excludes halogenated alkanes) is 1. The zero-order valence-corrected chi connectivity index (χ0v) is 28.3. The molecule has 5 rings (SSSR count). The van der Waals surface area contributed by atoms with Crippen molar-refractivity contribution in [2.75, 3.05) is 6.61 Å². The molecule has 0 spiro atoms. The van der Waals surface area contributed by atoms with Gasteiger partial charge in [-0.1, -0.05) is 84.2 Å². The van der Waals surface area contributed by atoms with Crippen LogP contribution in [0.5, 0.6) is 0 Å². The Morgan fingerprint density at radius 2 is 1.73 bits per heavy atom. The van der Waals surface area contributed by atoms with E-state index in [4.69, 9.17) is 9.47 Å². The average molecular weight is 605 g/mol. The minimum absolute atomic E-state index is 0.129. The molecule has 10 atom stereocenters. The van der Waals surface area contributed by atoms with Gasteiger partial charge in [-0.3, -0.25) is 0 Å². The fourth-order valence-corrected chi connectivity index (χ4v) is 11.1. The van der Waals surface area contributed by atoms with Crippen LogP contribution >= 0.6 is 0 Å². The van der Waals surface area contributed by atoms with Crippen LogP contribution in [0.1, 0.15) is 130 Å². The van der Waals surface area contributed by atoms with Gasteiger partial charge in [0.15, 0.2) is 0 Å². The molecule has 44 heavy (non-hydrogen) atoms. The van der Waals surface area contributed by atoms with Crippen molar-refractivity contribution in [3.8, 4) is 0 Å². The van der Waals surface area contributed by atoms with E-state index in [-0.39, 0.29) is 23.4 Å². The van der Waals surface area contributed by atoms with E-state index in [1.165, 1.54) is 75.7 Å². The SMILES string of the molecule is CC(C)CCC[C@@H](C)[C@H]1CC[C@H]2[C@@H]3CC[C@H]4C[C@@H](c5ccccc5)[C@H](OC(=O)/C=C/OCCCC=O)C[C@]4(C)[C@H]3CC[C@]12C. The van der Waals surface area contributed by atoms with Gasteiger partial charge in [0, 0.05) is 12.3 Å². The predicted molar refractivity (Wildman–Crippen MR) is 178 cm³/mol. The monoisotopic (exact) mass is 604 g/mol. The molecule has 0 bridgehead atoms. The van der Waals surface area contributed by atoms with E-state index in [1.807, 2.05) is 0 Å². The molecule has 4 heteroatoms. The lowest BCUT2D eigenvalue weighted by Gasteiger charge is -2.62. The van der Waals surface area contributed by atoms with Crippen molar-refractivity contribution in [3.05, 3.63) is 48.2 Å². The second-order valence-electron chi connectivity index (χ2n) is 16.1. The lowest BCUT2D eigenvalue weighted by molar-refractivity contribution is -0.164. The van der Waals surface area contributed by atoms with E-state index in [0.717, 1.165) is 54.6 Å². The van der Waals surface area contributed by atoms with Crippen molar-refractivity contribution in [2.45, 2.75) is 130 Å². The van der Waals surface area contributed by atoms with Gasteiger partial charge in [0.2, 0.25) is 0 Å². The summed E-state index contributed by atoms with van der Waals surface area (Å²) in [6, 6.07) is 10.8. The second-order valence-corrected chi connectivity index (χ2v) is 16.1. The molecule has 244 valence electrons. The lowest BCUT2D eigenvalue weighted by Crippen LogP contribution is -2.56. The Hall–Kier alpha value is -2.10. The van der Waals surface area contributed by atoms with Crippen LogP contribution in [0, 0.1) is 52.3 Å². The van der Waals surface area contributed by atoms with Gasteiger partial charge >= 0.3 is 5.97 Å². The maximum absolute atomic E-state index is 13.1. The van der Waals surface area contributed by atoms with Gasteiger partial charge in [0.25, 0.3) is 0 Å². The highest BCUT2D eigenvalue weighted by Crippen LogP contribution is 2.69. The van der Waals surface area contributed by atoms with Gasteiger partial charge in [-0.25, -0.2) is 4.79 Å². The van der Waals surface area contributed by atoms with E-state index >= 15 is 0 Å². The molecule has 0 N–H and O–H groups in total. The number of hydrogen-bond acceptors (Lipinski definition) is 4. The standard InChI is InChI=1S/C40H60O4/c1-28(2)12-11-13-29(3)34-18-19-35-32-17-16-31-26-33(30-14-7-6-8-15-30)37(44-38(42)21-25-43-24-10-9-23-41)27-40(31,5)36(32)20-22-39(34,35)4/h6-8,14-15,21,23,25,28-29,31-37H,9-13,16-20,22,24,26-27H2,1-5H3/b25-21+/t29-,31+,32+,33+,34-,35+,36+,37-,39-,40+/m1/s1. The third kappa shape index (κ3) is 7.00. The number of fused-ring (bicyclic) bond motifs is 5. The smallest absolute Gasteiger partial charge is 0.334 e. The third-order valence-electron chi connectivity index (χ3n) is 13.3. The summed E-state index contributed by atoms with van der Waals surface area (Å²) in [5.41, 5.74) is 1.99. The molecule has 0 amide bonds. The highest BCUT2D eigenvalue weighted by molar-refractivity contribution is 5.81. The predicted octanol–water partition coefficient (Wildman–Crippen LogP) is 9.92. The number of ether oxygens (including phenoxy) is 2. The maximum atomic E-state index is 13.1. The summed E-state index contributed by atoms with van der Waals surface area (Å²) >= 11 is 0. The zero-order valence-electron chi connectivity index (χ0n) is 28.3. The first-order chi connectivity index (χ1) is 21.2. The molecular weight excluding hydrogens is 544 g/mol. The van der Waals surface area contributed by atoms with Gasteiger partial charge < -0.3 is 14.3 Å². The molecule has 4 saturated carbocycles. The lowest BCUT2D eigenvalue weighted by atomic mass is 9.43. The number of rotatable bonds is 13. The summed E-state index contributed by atoms with van der Waals surface area (Å²) in [5, 5.41) is 0. The normalized spacial score (nSPS) is 37.2. The number of esters is 1. The minimum Gasteiger partial charge on any atom is -0.501 e. The minimum atomic E-state index is -0.318. The van der Waals surface area contributed by atoms with E-state index < -0.39 is 0 Å². The fourth-order valence-electron chi connectivity index (χ4n) is 11.1. The van der Waals surface area contributed by atoms with Crippen molar-refractivity contribution in [1.82, 2.24) is 0 Å². The zero-order chi connectivity index (χ0) is 31.3. The van der Waals surface area contributed by atoms with Crippen molar-refractivity contribution in [2.24, 2.45) is 52.3 Å². The van der Waals surface area contributed by atoms with Crippen molar-refractivity contribution >= 4 is 12.3 Å². The molecular formula is C40H60O4. The molecule has 4 aliphatic rings. The van der Waals surface area contributed by atoms with Crippen molar-refractivity contribution < 1.29 is 19.1 Å². The molecule has 1 aromatic carbocycles. The topological polar surface area (TPSA) is 52.6 Å². The van der Waals surface area contributed by atoms with Gasteiger partial charge in [-0.15, -0.1) is 0 Å². The van der Waals surface area contributed by atoms with Crippen molar-refractivity contribution in [1.29, 1.82) is 0 Å². The van der Waals surface area contributed by atoms with Crippen LogP contribution in [-0.2, 0) is 19.1 Å². The van der Waals surface area contributed by atoms with Crippen LogP contribution in [0.15, 0.2) is 42.7 Å². The molecule has 0 saturated heterocycles. The van der Waals surface area contributed by atoms with Crippen LogP contribution < -0.4 is 0 Å². The van der Waals surface area contributed by atoms with E-state index in [0.29, 0.717) is 30.8 Å². The average Bonchev–Trinajstić information content (AvgIpc) is 3.36. The number of carbonyl (C=O) groups excluding carboxylic acids is 2. The van der Waals surface area contributed by atoms with E-state index in [9.17, 15) is 9.59 Å². The quantitative estimate of drug-likeness (QED) is 0.0739. The Labute approximate surface area is 268 Å². The van der Waals surface area contributed by atoms with Crippen LogP contribution in [-0.4, -0.2) is 25.0 Å². The third-order valence-corrected chi connectivity index (χ3v) is 13.3. The highest BCUT2D eigenvalue weighted by atomic mass is 16.5. The Kier molecular flexibility index (Phi) is 11.0. The van der Waals surface area contributed by atoms with Gasteiger partial charge in [0.1, 0.15) is 12.4 Å². The van der Waals surface area contributed by atoms with E-state index in [1.54, 1.807) is 0 Å². The first-order valence-electron chi connectivity index (χ1n) is 18.1. The molecule has 4 aliphatic carbocycles. The van der Waals surface area contributed by atoms with Crippen molar-refractivity contribution in [3.63, 3.8) is 0 Å². The summed E-state index contributed by atoms with van der Waals surface area (Å²) in [7, 11) is 0. The second kappa shape index (κ2) is 14.5. The largest absolute Gasteiger partial charge is 0.501 e. The molecule has 1 aromatic rings. The Bertz CT molecular complexity index is 1110. The van der Waals surface area contributed by atoms with Crippen LogP contribution in [0.2, 0.25) is 0 Å². The maximum Gasteiger partial charge on any atom is 0.334 e. The fraction of sp³-hybridized carbons (Fsp3) is 0.750. The van der Waals surface area contributed by atoms with Crippen LogP contribution in [0.4, 0.5) is 0 Å². The summed E-state index contributed by atoms with van der Waals surface area (Å²) in [6.07, 6.45) is 19.2. The molecule has 0 aromatic heterocycles. The van der Waals surface area contributed by atoms with Gasteiger partial charge in [-0.2, -0.15) is 0 Å². The number of benzene rings is 1. The first kappa shape index (κ1) is 33.3. The molecule has 4 fully saturated rings. The molecule has 0 radical (unpaired) electrons. The van der Waals surface area contributed by atoms with Gasteiger partial charge in [0.05, 0.1) is 18.9 Å². The van der Waals surface area contributed by atoms with Gasteiger partial charge in [-0.05, 0) is 116 Å². The number of aldehydes is 1. The molecule has 0 unspecified atom stereocenters.